The van der Waals surface area contributed by atoms with Crippen LogP contribution in [0.1, 0.15) is 36.1 Å². The van der Waals surface area contributed by atoms with Gasteiger partial charge in [0, 0.05) is 13.1 Å². The van der Waals surface area contributed by atoms with Crippen LogP contribution in [0.25, 0.3) is 0 Å². The van der Waals surface area contributed by atoms with Crippen LogP contribution >= 0.6 is 15.9 Å². The van der Waals surface area contributed by atoms with Crippen LogP contribution in [0.4, 0.5) is 0 Å². The molecule has 0 spiro atoms. The summed E-state index contributed by atoms with van der Waals surface area (Å²) in [6.07, 6.45) is 4.81. The van der Waals surface area contributed by atoms with Gasteiger partial charge >= 0.3 is 0 Å². The smallest absolute Gasteiger partial charge is 0.230 e. The fraction of sp³-hybridized carbons (Fsp3) is 0.364. The van der Waals surface area contributed by atoms with Crippen molar-refractivity contribution in [2.75, 3.05) is 0 Å². The lowest BCUT2D eigenvalue weighted by Gasteiger charge is -2.10. The van der Waals surface area contributed by atoms with E-state index in [4.69, 9.17) is 0 Å². The lowest BCUT2D eigenvalue weighted by Crippen LogP contribution is -2.16. The van der Waals surface area contributed by atoms with Gasteiger partial charge in [-0.2, -0.15) is 5.10 Å². The Morgan fingerprint density at radius 2 is 2.12 bits per heavy atom. The normalized spacial score (nSPS) is 11.1. The van der Waals surface area contributed by atoms with Crippen molar-refractivity contribution in [3.8, 4) is 0 Å². The molecule has 2 aromatic heterocycles. The number of halogens is 1. The number of imidazole rings is 1. The van der Waals surface area contributed by atoms with Crippen molar-refractivity contribution in [3.05, 3.63) is 34.6 Å². The molecule has 0 saturated carbocycles. The maximum Gasteiger partial charge on any atom is 0.230 e. The first kappa shape index (κ1) is 12.0. The monoisotopic (exact) mass is 296 g/mol. The van der Waals surface area contributed by atoms with Crippen molar-refractivity contribution < 1.29 is 4.79 Å². The summed E-state index contributed by atoms with van der Waals surface area (Å²) in [6, 6.07) is 0.133. The van der Waals surface area contributed by atoms with Crippen LogP contribution < -0.4 is 0 Å². The second-order valence-electron chi connectivity index (χ2n) is 4.10. The maximum absolute atomic E-state index is 12.4. The van der Waals surface area contributed by atoms with Crippen LogP contribution in [0.5, 0.6) is 0 Å². The quantitative estimate of drug-likeness (QED) is 0.816. The van der Waals surface area contributed by atoms with Crippen LogP contribution in [-0.4, -0.2) is 25.1 Å². The molecule has 2 rings (SSSR count). The summed E-state index contributed by atoms with van der Waals surface area (Å²) in [4.78, 5) is 16.3. The van der Waals surface area contributed by atoms with E-state index in [0.29, 0.717) is 15.9 Å². The molecule has 0 saturated heterocycles. The Kier molecular flexibility index (Phi) is 3.15. The van der Waals surface area contributed by atoms with Crippen molar-refractivity contribution in [2.45, 2.75) is 19.9 Å². The third kappa shape index (κ3) is 2.04. The molecule has 0 aliphatic heterocycles. The molecule has 0 bridgehead atoms. The van der Waals surface area contributed by atoms with Gasteiger partial charge in [-0.1, -0.05) is 0 Å². The van der Waals surface area contributed by atoms with Gasteiger partial charge in [0.05, 0.1) is 23.2 Å². The summed E-state index contributed by atoms with van der Waals surface area (Å²) in [6.45, 7) is 3.97. The summed E-state index contributed by atoms with van der Waals surface area (Å²) < 4.78 is 4.11. The molecule has 5 nitrogen and oxygen atoms in total. The highest BCUT2D eigenvalue weighted by molar-refractivity contribution is 9.10. The van der Waals surface area contributed by atoms with Gasteiger partial charge in [-0.3, -0.25) is 9.48 Å². The lowest BCUT2D eigenvalue weighted by atomic mass is 10.2. The van der Waals surface area contributed by atoms with E-state index in [9.17, 15) is 4.79 Å². The number of hydrogen-bond acceptors (Lipinski definition) is 3. The third-order valence-corrected chi connectivity index (χ3v) is 3.08. The Hall–Kier alpha value is -1.43. The van der Waals surface area contributed by atoms with Gasteiger partial charge in [0.1, 0.15) is 11.4 Å². The fourth-order valence-corrected chi connectivity index (χ4v) is 2.10. The van der Waals surface area contributed by atoms with Crippen molar-refractivity contribution in [3.63, 3.8) is 0 Å². The Morgan fingerprint density at radius 1 is 1.41 bits per heavy atom. The highest BCUT2D eigenvalue weighted by Gasteiger charge is 2.22. The van der Waals surface area contributed by atoms with E-state index in [2.05, 4.69) is 26.0 Å². The molecule has 6 heteroatoms. The molecule has 17 heavy (non-hydrogen) atoms. The number of aryl methyl sites for hydroxylation is 1. The molecule has 90 valence electrons. The predicted octanol–water partition coefficient (Wildman–Crippen LogP) is 2.19. The van der Waals surface area contributed by atoms with Gasteiger partial charge in [-0.05, 0) is 29.8 Å². The Bertz CT molecular complexity index is 556. The fourth-order valence-electron chi connectivity index (χ4n) is 1.64. The van der Waals surface area contributed by atoms with E-state index in [1.807, 2.05) is 13.8 Å². The van der Waals surface area contributed by atoms with Gasteiger partial charge in [-0.15, -0.1) is 0 Å². The van der Waals surface area contributed by atoms with E-state index >= 15 is 0 Å². The number of ketones is 1. The zero-order valence-electron chi connectivity index (χ0n) is 9.88. The molecule has 0 N–H and O–H groups in total. The Balaban J connectivity index is 2.51. The minimum Gasteiger partial charge on any atom is -0.331 e. The number of rotatable bonds is 3. The highest BCUT2D eigenvalue weighted by atomic mass is 79.9. The van der Waals surface area contributed by atoms with E-state index in [1.54, 1.807) is 35.0 Å². The molecule has 2 heterocycles. The van der Waals surface area contributed by atoms with Gasteiger partial charge in [0.25, 0.3) is 0 Å². The SMILES string of the molecule is CC(C)n1ncc(Br)c1C(=O)c1cncn1C. The van der Waals surface area contributed by atoms with Gasteiger partial charge < -0.3 is 4.57 Å². The number of hydrogen-bond donors (Lipinski definition) is 0. The molecule has 0 aromatic carbocycles. The van der Waals surface area contributed by atoms with Crippen molar-refractivity contribution in [1.29, 1.82) is 0 Å². The zero-order chi connectivity index (χ0) is 12.6. The Labute approximate surface area is 108 Å². The summed E-state index contributed by atoms with van der Waals surface area (Å²) >= 11 is 3.36. The van der Waals surface area contributed by atoms with Crippen molar-refractivity contribution in [1.82, 2.24) is 19.3 Å². The summed E-state index contributed by atoms with van der Waals surface area (Å²) in [5.41, 5.74) is 1.11. The largest absolute Gasteiger partial charge is 0.331 e. The molecule has 0 atom stereocenters. The molecule has 0 radical (unpaired) electrons. The van der Waals surface area contributed by atoms with Crippen LogP contribution in [0.2, 0.25) is 0 Å². The third-order valence-electron chi connectivity index (χ3n) is 2.50. The first-order chi connectivity index (χ1) is 8.02. The number of carbonyl (C=O) groups is 1. The number of nitrogens with zero attached hydrogens (tertiary/aromatic N) is 4. The minimum absolute atomic E-state index is 0.0805. The molecule has 0 amide bonds. The number of carbonyl (C=O) groups excluding carboxylic acids is 1. The molecular formula is C11H13BrN4O. The van der Waals surface area contributed by atoms with Crippen molar-refractivity contribution >= 4 is 21.7 Å². The average molecular weight is 297 g/mol. The van der Waals surface area contributed by atoms with Crippen LogP contribution in [-0.2, 0) is 7.05 Å². The summed E-state index contributed by atoms with van der Waals surface area (Å²) in [7, 11) is 1.80. The first-order valence-corrected chi connectivity index (χ1v) is 6.05. The first-order valence-electron chi connectivity index (χ1n) is 5.26. The van der Waals surface area contributed by atoms with E-state index < -0.39 is 0 Å². The minimum atomic E-state index is -0.0805. The Morgan fingerprint density at radius 3 is 2.65 bits per heavy atom. The average Bonchev–Trinajstić information content (AvgIpc) is 2.83. The molecule has 0 aliphatic carbocycles. The topological polar surface area (TPSA) is 52.7 Å². The van der Waals surface area contributed by atoms with Gasteiger partial charge in [0.15, 0.2) is 0 Å². The van der Waals surface area contributed by atoms with Crippen LogP contribution in [0.3, 0.4) is 0 Å². The zero-order valence-corrected chi connectivity index (χ0v) is 11.5. The summed E-state index contributed by atoms with van der Waals surface area (Å²) in [5, 5.41) is 4.20. The van der Waals surface area contributed by atoms with E-state index in [0.717, 1.165) is 0 Å². The standard InChI is InChI=1S/C11H13BrN4O/c1-7(2)16-10(8(12)4-14-16)11(17)9-5-13-6-15(9)3/h4-7H,1-3H3. The van der Waals surface area contributed by atoms with Gasteiger partial charge in [0.2, 0.25) is 5.78 Å². The second kappa shape index (κ2) is 4.44. The lowest BCUT2D eigenvalue weighted by molar-refractivity contribution is 0.101. The molecule has 0 unspecified atom stereocenters. The van der Waals surface area contributed by atoms with Crippen LogP contribution in [0, 0.1) is 0 Å². The van der Waals surface area contributed by atoms with Crippen molar-refractivity contribution in [2.24, 2.45) is 7.05 Å². The number of aromatic nitrogens is 4. The molecule has 0 aliphatic rings. The second-order valence-corrected chi connectivity index (χ2v) is 4.95. The predicted molar refractivity (Wildman–Crippen MR) is 67.0 cm³/mol. The van der Waals surface area contributed by atoms with Crippen LogP contribution in [0.15, 0.2) is 23.2 Å². The van der Waals surface area contributed by atoms with Gasteiger partial charge in [-0.25, -0.2) is 4.98 Å². The van der Waals surface area contributed by atoms with E-state index in [1.165, 1.54) is 0 Å². The summed E-state index contributed by atoms with van der Waals surface area (Å²) in [5.74, 6) is -0.0805. The maximum atomic E-state index is 12.4. The molecule has 0 fully saturated rings. The van der Waals surface area contributed by atoms with E-state index in [-0.39, 0.29) is 11.8 Å². The highest BCUT2D eigenvalue weighted by Crippen LogP contribution is 2.22. The molecular weight excluding hydrogens is 284 g/mol. The molecule has 2 aromatic rings.